The normalized spacial score (nSPS) is 11.3. The zero-order valence-corrected chi connectivity index (χ0v) is 12.8. The monoisotopic (exact) mass is 359 g/mol. The molecule has 0 saturated carbocycles. The summed E-state index contributed by atoms with van der Waals surface area (Å²) in [6, 6.07) is 4.77. The van der Waals surface area contributed by atoms with Crippen LogP contribution >= 0.6 is 15.9 Å². The van der Waals surface area contributed by atoms with Gasteiger partial charge in [0, 0.05) is 0 Å². The standard InChI is InChI=1S/C12H11BrFN3O2S/c1-7-4-9(6-16-12(7)13)17-20(18,19)11-5-8(14)2-3-10(11)15/h2-6,17H,15H2,1H3. The minimum absolute atomic E-state index is 0.0271. The molecule has 106 valence electrons. The van der Waals surface area contributed by atoms with Crippen molar-refractivity contribution in [2.45, 2.75) is 11.8 Å². The van der Waals surface area contributed by atoms with Crippen LogP contribution in [0.5, 0.6) is 0 Å². The Morgan fingerprint density at radius 2 is 2.05 bits per heavy atom. The molecule has 0 atom stereocenters. The minimum Gasteiger partial charge on any atom is -0.398 e. The molecule has 0 saturated heterocycles. The number of halogens is 2. The van der Waals surface area contributed by atoms with Crippen LogP contribution in [0.4, 0.5) is 15.8 Å². The van der Waals surface area contributed by atoms with E-state index in [1.165, 1.54) is 12.3 Å². The fourth-order valence-electron chi connectivity index (χ4n) is 1.56. The first kappa shape index (κ1) is 14.7. The first-order valence-electron chi connectivity index (χ1n) is 5.49. The van der Waals surface area contributed by atoms with Crippen molar-refractivity contribution in [3.63, 3.8) is 0 Å². The number of sulfonamides is 1. The maximum absolute atomic E-state index is 13.2. The van der Waals surface area contributed by atoms with Crippen LogP contribution in [0.1, 0.15) is 5.56 Å². The van der Waals surface area contributed by atoms with Crippen LogP contribution in [-0.4, -0.2) is 13.4 Å². The number of anilines is 2. The van der Waals surface area contributed by atoms with E-state index >= 15 is 0 Å². The fourth-order valence-corrected chi connectivity index (χ4v) is 2.96. The lowest BCUT2D eigenvalue weighted by Crippen LogP contribution is -2.15. The third-order valence-corrected chi connectivity index (χ3v) is 4.80. The Bertz CT molecular complexity index is 765. The molecule has 0 aliphatic carbocycles. The summed E-state index contributed by atoms with van der Waals surface area (Å²) in [5.74, 6) is -0.676. The Kier molecular flexibility index (Phi) is 3.96. The molecular formula is C12H11BrFN3O2S. The number of aromatic nitrogens is 1. The fraction of sp³-hybridized carbons (Fsp3) is 0.0833. The van der Waals surface area contributed by atoms with Crippen LogP contribution in [0, 0.1) is 12.7 Å². The molecule has 0 fully saturated rings. The smallest absolute Gasteiger partial charge is 0.264 e. The van der Waals surface area contributed by atoms with E-state index in [0.29, 0.717) is 4.60 Å². The van der Waals surface area contributed by atoms with Crippen molar-refractivity contribution in [3.8, 4) is 0 Å². The molecule has 5 nitrogen and oxygen atoms in total. The van der Waals surface area contributed by atoms with E-state index in [4.69, 9.17) is 5.73 Å². The van der Waals surface area contributed by atoms with Crippen LogP contribution < -0.4 is 10.5 Å². The van der Waals surface area contributed by atoms with Crippen LogP contribution in [0.2, 0.25) is 0 Å². The lowest BCUT2D eigenvalue weighted by Gasteiger charge is -2.10. The molecule has 3 N–H and O–H groups in total. The molecular weight excluding hydrogens is 349 g/mol. The molecule has 0 radical (unpaired) electrons. The number of rotatable bonds is 3. The molecule has 0 amide bonds. The summed E-state index contributed by atoms with van der Waals surface area (Å²) in [5, 5.41) is 0. The van der Waals surface area contributed by atoms with E-state index in [0.717, 1.165) is 17.7 Å². The van der Waals surface area contributed by atoms with Gasteiger partial charge in [0.05, 0.1) is 17.6 Å². The molecule has 0 aliphatic rings. The molecule has 0 aliphatic heterocycles. The van der Waals surface area contributed by atoms with Crippen LogP contribution in [0.3, 0.4) is 0 Å². The lowest BCUT2D eigenvalue weighted by molar-refractivity contribution is 0.596. The van der Waals surface area contributed by atoms with Gasteiger partial charge in [0.15, 0.2) is 0 Å². The number of pyridine rings is 1. The van der Waals surface area contributed by atoms with Gasteiger partial charge in [0.1, 0.15) is 15.3 Å². The summed E-state index contributed by atoms with van der Waals surface area (Å²) >= 11 is 3.22. The predicted octanol–water partition coefficient (Wildman–Crippen LogP) is 2.67. The van der Waals surface area contributed by atoms with Gasteiger partial charge in [0.2, 0.25) is 0 Å². The van der Waals surface area contributed by atoms with Crippen LogP contribution in [0.25, 0.3) is 0 Å². The Labute approximate surface area is 124 Å². The number of nitrogens with two attached hydrogens (primary N) is 1. The lowest BCUT2D eigenvalue weighted by atomic mass is 10.3. The van der Waals surface area contributed by atoms with Crippen molar-refractivity contribution < 1.29 is 12.8 Å². The number of nitrogen functional groups attached to an aromatic ring is 1. The second-order valence-electron chi connectivity index (χ2n) is 4.12. The zero-order valence-electron chi connectivity index (χ0n) is 10.4. The molecule has 2 aromatic rings. The highest BCUT2D eigenvalue weighted by Gasteiger charge is 2.19. The van der Waals surface area contributed by atoms with Crippen molar-refractivity contribution >= 4 is 37.3 Å². The van der Waals surface area contributed by atoms with Gasteiger partial charge in [-0.3, -0.25) is 4.72 Å². The Balaban J connectivity index is 2.40. The predicted molar refractivity (Wildman–Crippen MR) is 78.3 cm³/mol. The molecule has 0 unspecified atom stereocenters. The van der Waals surface area contributed by atoms with E-state index in [1.807, 2.05) is 0 Å². The Hall–Kier alpha value is -1.67. The number of hydrogen-bond donors (Lipinski definition) is 2. The number of nitrogens with zero attached hydrogens (tertiary/aromatic N) is 1. The second kappa shape index (κ2) is 5.37. The first-order chi connectivity index (χ1) is 9.29. The van der Waals surface area contributed by atoms with Gasteiger partial charge in [0.25, 0.3) is 10.0 Å². The molecule has 1 aromatic heterocycles. The van der Waals surface area contributed by atoms with E-state index < -0.39 is 15.8 Å². The highest BCUT2D eigenvalue weighted by molar-refractivity contribution is 9.10. The summed E-state index contributed by atoms with van der Waals surface area (Å²) in [6.45, 7) is 1.77. The molecule has 0 spiro atoms. The Morgan fingerprint density at radius 3 is 2.70 bits per heavy atom. The van der Waals surface area contributed by atoms with Gasteiger partial charge < -0.3 is 5.73 Å². The highest BCUT2D eigenvalue weighted by atomic mass is 79.9. The van der Waals surface area contributed by atoms with Crippen molar-refractivity contribution in [1.29, 1.82) is 0 Å². The van der Waals surface area contributed by atoms with Crippen LogP contribution in [-0.2, 0) is 10.0 Å². The quantitative estimate of drug-likeness (QED) is 0.651. The molecule has 0 bridgehead atoms. The van der Waals surface area contributed by atoms with Crippen molar-refractivity contribution in [1.82, 2.24) is 4.98 Å². The summed E-state index contributed by atoms with van der Waals surface area (Å²) in [5.41, 5.74) is 6.58. The van der Waals surface area contributed by atoms with Crippen molar-refractivity contribution in [3.05, 3.63) is 46.4 Å². The van der Waals surface area contributed by atoms with Gasteiger partial charge in [-0.05, 0) is 52.7 Å². The summed E-state index contributed by atoms with van der Waals surface area (Å²) < 4.78 is 40.4. The van der Waals surface area contributed by atoms with Gasteiger partial charge in [-0.15, -0.1) is 0 Å². The summed E-state index contributed by atoms with van der Waals surface area (Å²) in [4.78, 5) is 3.67. The van der Waals surface area contributed by atoms with E-state index in [-0.39, 0.29) is 16.3 Å². The van der Waals surface area contributed by atoms with E-state index in [1.54, 1.807) is 13.0 Å². The average molecular weight is 360 g/mol. The average Bonchev–Trinajstić information content (AvgIpc) is 2.36. The van der Waals surface area contributed by atoms with Gasteiger partial charge in [-0.2, -0.15) is 0 Å². The number of nitrogens with one attached hydrogen (secondary N) is 1. The zero-order chi connectivity index (χ0) is 14.9. The molecule has 1 aromatic carbocycles. The minimum atomic E-state index is -3.97. The number of hydrogen-bond acceptors (Lipinski definition) is 4. The topological polar surface area (TPSA) is 85.1 Å². The number of benzene rings is 1. The van der Waals surface area contributed by atoms with Crippen molar-refractivity contribution in [2.24, 2.45) is 0 Å². The van der Waals surface area contributed by atoms with E-state index in [9.17, 15) is 12.8 Å². The Morgan fingerprint density at radius 1 is 1.35 bits per heavy atom. The van der Waals surface area contributed by atoms with Gasteiger partial charge >= 0.3 is 0 Å². The largest absolute Gasteiger partial charge is 0.398 e. The third-order valence-electron chi connectivity index (χ3n) is 2.53. The maximum Gasteiger partial charge on any atom is 0.264 e. The second-order valence-corrected chi connectivity index (χ2v) is 6.52. The van der Waals surface area contributed by atoms with E-state index in [2.05, 4.69) is 25.6 Å². The third kappa shape index (κ3) is 3.07. The molecule has 20 heavy (non-hydrogen) atoms. The van der Waals surface area contributed by atoms with Crippen molar-refractivity contribution in [2.75, 3.05) is 10.5 Å². The SMILES string of the molecule is Cc1cc(NS(=O)(=O)c2cc(F)ccc2N)cnc1Br. The van der Waals surface area contributed by atoms with Gasteiger partial charge in [-0.25, -0.2) is 17.8 Å². The number of aryl methyl sites for hydroxylation is 1. The van der Waals surface area contributed by atoms with Crippen LogP contribution in [0.15, 0.2) is 40.0 Å². The maximum atomic E-state index is 13.2. The molecule has 8 heteroatoms. The molecule has 1 heterocycles. The first-order valence-corrected chi connectivity index (χ1v) is 7.77. The van der Waals surface area contributed by atoms with Gasteiger partial charge in [-0.1, -0.05) is 0 Å². The summed E-state index contributed by atoms with van der Waals surface area (Å²) in [6.07, 6.45) is 1.35. The molecule has 2 rings (SSSR count). The summed E-state index contributed by atoms with van der Waals surface area (Å²) in [7, 11) is -3.97. The highest BCUT2D eigenvalue weighted by Crippen LogP contribution is 2.23.